The molecule has 2 aliphatic heterocycles. The van der Waals surface area contributed by atoms with Crippen LogP contribution in [0.1, 0.15) is 35.2 Å². The average molecular weight is 574 g/mol. The van der Waals surface area contributed by atoms with Gasteiger partial charge < -0.3 is 20.7 Å². The molecule has 0 radical (unpaired) electrons. The van der Waals surface area contributed by atoms with Crippen molar-refractivity contribution in [3.63, 3.8) is 0 Å². The zero-order valence-corrected chi connectivity index (χ0v) is 24.0. The van der Waals surface area contributed by atoms with Gasteiger partial charge in [0.1, 0.15) is 12.4 Å². The van der Waals surface area contributed by atoms with Crippen LogP contribution in [0.15, 0.2) is 66.1 Å². The second-order valence-electron chi connectivity index (χ2n) is 10.5. The maximum absolute atomic E-state index is 13.5. The predicted octanol–water partition coefficient (Wildman–Crippen LogP) is 4.02. The number of allylic oxidation sites excluding steroid dienone is 1. The number of piperidine rings is 1. The zero-order chi connectivity index (χ0) is 28.7. The minimum Gasteiger partial charge on any atom is -0.489 e. The van der Waals surface area contributed by atoms with Crippen molar-refractivity contribution in [3.05, 3.63) is 77.2 Å². The molecule has 3 N–H and O–H groups in total. The fourth-order valence-electron chi connectivity index (χ4n) is 5.29. The lowest BCUT2D eigenvalue weighted by Crippen LogP contribution is -2.53. The standard InChI is InChI=1S/C31H35N5O4S/c1-22-9-11-23(12-10-22)25-20-41-30(34-25)35-27(37)19-36-17-6-14-31(21-36)13-4-5-18-40-26-8-3-2-7-24(26)28(38)32-15-16-33-29(31)39/h2-5,7-12,20H,6,13-19,21H2,1H3,(H,32,38)(H,33,39)(H,34,35,37)/b5-4-. The molecule has 5 rings (SSSR count). The van der Waals surface area contributed by atoms with Crippen LogP contribution in [0.2, 0.25) is 0 Å². The quantitative estimate of drug-likeness (QED) is 0.407. The van der Waals surface area contributed by atoms with Crippen LogP contribution >= 0.6 is 11.3 Å². The lowest BCUT2D eigenvalue weighted by atomic mass is 9.76. The lowest BCUT2D eigenvalue weighted by molar-refractivity contribution is -0.135. The summed E-state index contributed by atoms with van der Waals surface area (Å²) >= 11 is 1.40. The van der Waals surface area contributed by atoms with E-state index in [0.29, 0.717) is 48.9 Å². The number of para-hydroxylation sites is 1. The lowest BCUT2D eigenvalue weighted by Gasteiger charge is -2.41. The first-order valence-electron chi connectivity index (χ1n) is 13.9. The molecule has 2 aliphatic rings. The van der Waals surface area contributed by atoms with E-state index in [1.54, 1.807) is 18.2 Å². The minimum absolute atomic E-state index is 0.0671. The molecule has 3 heterocycles. The van der Waals surface area contributed by atoms with E-state index in [-0.39, 0.29) is 30.9 Å². The van der Waals surface area contributed by atoms with E-state index in [4.69, 9.17) is 4.74 Å². The first kappa shape index (κ1) is 28.5. The molecular weight excluding hydrogens is 538 g/mol. The highest BCUT2D eigenvalue weighted by atomic mass is 32.1. The Labute approximate surface area is 244 Å². The third-order valence-electron chi connectivity index (χ3n) is 7.44. The van der Waals surface area contributed by atoms with Gasteiger partial charge in [-0.05, 0) is 44.9 Å². The van der Waals surface area contributed by atoms with Gasteiger partial charge in [0, 0.05) is 30.6 Å². The topological polar surface area (TPSA) is 113 Å². The molecule has 3 aromatic rings. The molecule has 41 heavy (non-hydrogen) atoms. The van der Waals surface area contributed by atoms with Crippen LogP contribution in [0.3, 0.4) is 0 Å². The molecule has 0 bridgehead atoms. The number of aryl methyl sites for hydroxylation is 1. The Morgan fingerprint density at radius 3 is 2.76 bits per heavy atom. The van der Waals surface area contributed by atoms with Gasteiger partial charge in [-0.25, -0.2) is 4.98 Å². The summed E-state index contributed by atoms with van der Waals surface area (Å²) in [5.74, 6) is 0.0548. The van der Waals surface area contributed by atoms with Gasteiger partial charge in [-0.1, -0.05) is 54.1 Å². The van der Waals surface area contributed by atoms with E-state index in [2.05, 4.69) is 20.9 Å². The molecule has 1 aromatic heterocycles. The number of aromatic nitrogens is 1. The van der Waals surface area contributed by atoms with E-state index < -0.39 is 5.41 Å². The van der Waals surface area contributed by atoms with Crippen molar-refractivity contribution >= 4 is 34.2 Å². The first-order chi connectivity index (χ1) is 19.9. The van der Waals surface area contributed by atoms with Gasteiger partial charge in [0.25, 0.3) is 5.91 Å². The Morgan fingerprint density at radius 1 is 1.10 bits per heavy atom. The highest BCUT2D eigenvalue weighted by molar-refractivity contribution is 7.14. The maximum atomic E-state index is 13.5. The average Bonchev–Trinajstić information content (AvgIpc) is 3.43. The number of hydrogen-bond acceptors (Lipinski definition) is 7. The number of benzene rings is 2. The van der Waals surface area contributed by atoms with Crippen LogP contribution in [0.5, 0.6) is 5.75 Å². The SMILES string of the molecule is Cc1ccc(-c2csc(NC(=O)CN3CCCC4(C/C=C\COc5ccccc5C(=O)NCCNC4=O)C3)n2)cc1. The van der Waals surface area contributed by atoms with Crippen LogP contribution < -0.4 is 20.7 Å². The van der Waals surface area contributed by atoms with E-state index >= 15 is 0 Å². The molecule has 1 fully saturated rings. The van der Waals surface area contributed by atoms with Gasteiger partial charge in [-0.3, -0.25) is 19.3 Å². The summed E-state index contributed by atoms with van der Waals surface area (Å²) in [4.78, 5) is 45.7. The molecule has 1 atom stereocenters. The molecule has 214 valence electrons. The van der Waals surface area contributed by atoms with Crippen LogP contribution in [0.4, 0.5) is 5.13 Å². The molecule has 2 aromatic carbocycles. The van der Waals surface area contributed by atoms with Crippen LogP contribution in [-0.4, -0.2) is 66.9 Å². The van der Waals surface area contributed by atoms with Crippen molar-refractivity contribution in [2.24, 2.45) is 5.41 Å². The number of thiazole rings is 1. The summed E-state index contributed by atoms with van der Waals surface area (Å²) < 4.78 is 5.85. The van der Waals surface area contributed by atoms with E-state index in [0.717, 1.165) is 24.2 Å². The number of ether oxygens (including phenoxy) is 1. The Morgan fingerprint density at radius 2 is 1.90 bits per heavy atom. The van der Waals surface area contributed by atoms with Gasteiger partial charge in [0.15, 0.2) is 5.13 Å². The summed E-state index contributed by atoms with van der Waals surface area (Å²) in [5.41, 5.74) is 2.80. The van der Waals surface area contributed by atoms with E-state index in [1.807, 2.05) is 59.7 Å². The van der Waals surface area contributed by atoms with E-state index in [1.165, 1.54) is 16.9 Å². The Kier molecular flexibility index (Phi) is 9.11. The molecule has 10 heteroatoms. The number of nitrogens with zero attached hydrogens (tertiary/aromatic N) is 2. The smallest absolute Gasteiger partial charge is 0.255 e. The molecule has 1 spiro atoms. The molecule has 0 aliphatic carbocycles. The van der Waals surface area contributed by atoms with Gasteiger partial charge in [-0.15, -0.1) is 11.3 Å². The second-order valence-corrected chi connectivity index (χ2v) is 11.4. The fraction of sp³-hybridized carbons (Fsp3) is 0.355. The number of anilines is 1. The number of rotatable bonds is 4. The van der Waals surface area contributed by atoms with Gasteiger partial charge in [-0.2, -0.15) is 0 Å². The molecule has 9 nitrogen and oxygen atoms in total. The van der Waals surface area contributed by atoms with Crippen molar-refractivity contribution < 1.29 is 19.1 Å². The van der Waals surface area contributed by atoms with Crippen LogP contribution in [-0.2, 0) is 9.59 Å². The maximum Gasteiger partial charge on any atom is 0.255 e. The van der Waals surface area contributed by atoms with Crippen molar-refractivity contribution in [2.75, 3.05) is 44.6 Å². The second kappa shape index (κ2) is 13.1. The number of fused-ring (bicyclic) bond motifs is 1. The molecule has 1 unspecified atom stereocenters. The summed E-state index contributed by atoms with van der Waals surface area (Å²) in [6.07, 6.45) is 5.89. The van der Waals surface area contributed by atoms with Crippen molar-refractivity contribution in [1.82, 2.24) is 20.5 Å². The summed E-state index contributed by atoms with van der Waals surface area (Å²) in [5, 5.41) is 11.3. The summed E-state index contributed by atoms with van der Waals surface area (Å²) in [6, 6.07) is 15.2. The fourth-order valence-corrected chi connectivity index (χ4v) is 6.02. The Hall–Kier alpha value is -4.02. The summed E-state index contributed by atoms with van der Waals surface area (Å²) in [7, 11) is 0. The molecule has 1 saturated heterocycles. The number of nitrogens with one attached hydrogen (secondary N) is 3. The monoisotopic (exact) mass is 573 g/mol. The third-order valence-corrected chi connectivity index (χ3v) is 8.20. The normalized spacial score (nSPS) is 21.1. The highest BCUT2D eigenvalue weighted by Gasteiger charge is 2.41. The number of carbonyl (C=O) groups is 3. The number of hydrogen-bond donors (Lipinski definition) is 3. The third kappa shape index (κ3) is 7.20. The number of likely N-dealkylation sites (tertiary alicyclic amines) is 1. The Balaban J connectivity index is 1.22. The highest BCUT2D eigenvalue weighted by Crippen LogP contribution is 2.35. The predicted molar refractivity (Wildman–Crippen MR) is 160 cm³/mol. The van der Waals surface area contributed by atoms with Crippen LogP contribution in [0.25, 0.3) is 11.3 Å². The number of carbonyl (C=O) groups excluding carboxylic acids is 3. The number of amides is 3. The van der Waals surface area contributed by atoms with E-state index in [9.17, 15) is 14.4 Å². The Bertz CT molecular complexity index is 1420. The largest absolute Gasteiger partial charge is 0.489 e. The first-order valence-corrected chi connectivity index (χ1v) is 14.8. The molecule has 0 saturated carbocycles. The minimum atomic E-state index is -0.680. The van der Waals surface area contributed by atoms with Gasteiger partial charge in [0.05, 0.1) is 23.2 Å². The van der Waals surface area contributed by atoms with Crippen LogP contribution in [0, 0.1) is 12.3 Å². The summed E-state index contributed by atoms with van der Waals surface area (Å²) in [6.45, 7) is 4.30. The zero-order valence-electron chi connectivity index (χ0n) is 23.2. The van der Waals surface area contributed by atoms with Gasteiger partial charge in [0.2, 0.25) is 11.8 Å². The van der Waals surface area contributed by atoms with Gasteiger partial charge >= 0.3 is 0 Å². The molecular formula is C31H35N5O4S. The van der Waals surface area contributed by atoms with Crippen molar-refractivity contribution in [1.29, 1.82) is 0 Å². The van der Waals surface area contributed by atoms with Crippen molar-refractivity contribution in [3.8, 4) is 17.0 Å². The molecule has 3 amide bonds. The van der Waals surface area contributed by atoms with Crippen molar-refractivity contribution in [2.45, 2.75) is 26.2 Å².